The van der Waals surface area contributed by atoms with Crippen LogP contribution in [0.15, 0.2) is 101 Å². The van der Waals surface area contributed by atoms with Crippen LogP contribution >= 0.6 is 0 Å². The predicted molar refractivity (Wildman–Crippen MR) is 121 cm³/mol. The van der Waals surface area contributed by atoms with Crippen LogP contribution in [0.2, 0.25) is 0 Å². The summed E-state index contributed by atoms with van der Waals surface area (Å²) in [6, 6.07) is 26.0. The standard InChI is InChI=1S/C25H21N3O2S/c1-25(2)19-12-6-8-14-21(19)28(22-15-9-7-13-20(22)25)24-26-17-16-23(27-24)31(29,30)18-10-4-3-5-11-18/h3-17H,1-2H3. The van der Waals surface area contributed by atoms with Crippen molar-refractivity contribution in [1.29, 1.82) is 0 Å². The van der Waals surface area contributed by atoms with Crippen molar-refractivity contribution in [3.63, 3.8) is 0 Å². The topological polar surface area (TPSA) is 63.2 Å². The second-order valence-electron chi connectivity index (χ2n) is 8.01. The fraction of sp³-hybridized carbons (Fsp3) is 0.120. The third-order valence-corrected chi connectivity index (χ3v) is 7.45. The Morgan fingerprint density at radius 2 is 1.29 bits per heavy atom. The van der Waals surface area contributed by atoms with Crippen LogP contribution in [-0.2, 0) is 15.3 Å². The smallest absolute Gasteiger partial charge is 0.235 e. The Bertz CT molecular complexity index is 1330. The lowest BCUT2D eigenvalue weighted by atomic mass is 9.74. The summed E-state index contributed by atoms with van der Waals surface area (Å²) in [4.78, 5) is 11.1. The van der Waals surface area contributed by atoms with E-state index in [0.29, 0.717) is 5.95 Å². The molecule has 6 heteroatoms. The Kier molecular flexibility index (Phi) is 4.41. The molecular formula is C25H21N3O2S. The van der Waals surface area contributed by atoms with Crippen LogP contribution in [0, 0.1) is 0 Å². The summed E-state index contributed by atoms with van der Waals surface area (Å²) >= 11 is 0. The molecule has 0 aliphatic carbocycles. The minimum Gasteiger partial charge on any atom is -0.279 e. The van der Waals surface area contributed by atoms with Crippen molar-refractivity contribution in [1.82, 2.24) is 9.97 Å². The summed E-state index contributed by atoms with van der Waals surface area (Å²) in [5, 5.41) is -0.0245. The maximum Gasteiger partial charge on any atom is 0.235 e. The van der Waals surface area contributed by atoms with Crippen molar-refractivity contribution in [3.8, 4) is 0 Å². The van der Waals surface area contributed by atoms with E-state index < -0.39 is 9.84 Å². The quantitative estimate of drug-likeness (QED) is 0.409. The lowest BCUT2D eigenvalue weighted by Crippen LogP contribution is -2.31. The SMILES string of the molecule is CC1(C)c2ccccc2N(c2nccc(S(=O)(=O)c3ccccc3)n2)c2ccccc21. The minimum atomic E-state index is -3.76. The maximum absolute atomic E-state index is 13.2. The van der Waals surface area contributed by atoms with E-state index in [1.807, 2.05) is 41.3 Å². The molecule has 5 rings (SSSR count). The van der Waals surface area contributed by atoms with Gasteiger partial charge >= 0.3 is 0 Å². The molecule has 0 spiro atoms. The fourth-order valence-corrected chi connectivity index (χ4v) is 5.39. The lowest BCUT2D eigenvalue weighted by molar-refractivity contribution is 0.591. The first kappa shape index (κ1) is 19.5. The number of benzene rings is 3. The van der Waals surface area contributed by atoms with Gasteiger partial charge in [-0.05, 0) is 41.5 Å². The second kappa shape index (κ2) is 7.03. The first-order valence-corrected chi connectivity index (χ1v) is 11.5. The van der Waals surface area contributed by atoms with Crippen molar-refractivity contribution in [2.75, 3.05) is 4.90 Å². The molecule has 3 aromatic carbocycles. The zero-order chi connectivity index (χ0) is 21.6. The van der Waals surface area contributed by atoms with Gasteiger partial charge in [0.25, 0.3) is 0 Å². The molecule has 31 heavy (non-hydrogen) atoms. The summed E-state index contributed by atoms with van der Waals surface area (Å²) in [6.07, 6.45) is 1.50. The number of hydrogen-bond acceptors (Lipinski definition) is 5. The third-order valence-electron chi connectivity index (χ3n) is 5.78. The minimum absolute atomic E-state index is 0.0245. The van der Waals surface area contributed by atoms with Gasteiger partial charge in [0.05, 0.1) is 16.3 Å². The molecule has 0 radical (unpaired) electrons. The Hall–Kier alpha value is -3.51. The van der Waals surface area contributed by atoms with E-state index in [0.717, 1.165) is 22.5 Å². The molecule has 0 saturated carbocycles. The Balaban J connectivity index is 1.72. The van der Waals surface area contributed by atoms with Crippen LogP contribution in [0.1, 0.15) is 25.0 Å². The molecule has 0 bridgehead atoms. The van der Waals surface area contributed by atoms with Gasteiger partial charge in [-0.3, -0.25) is 4.90 Å². The van der Waals surface area contributed by atoms with Crippen molar-refractivity contribution < 1.29 is 8.42 Å². The number of anilines is 3. The van der Waals surface area contributed by atoms with Gasteiger partial charge in [0, 0.05) is 11.6 Å². The molecule has 0 amide bonds. The highest BCUT2D eigenvalue weighted by atomic mass is 32.2. The first-order valence-electron chi connectivity index (χ1n) is 10.0. The van der Waals surface area contributed by atoms with Gasteiger partial charge in [0.1, 0.15) is 0 Å². The van der Waals surface area contributed by atoms with Gasteiger partial charge < -0.3 is 0 Å². The highest BCUT2D eigenvalue weighted by Crippen LogP contribution is 2.50. The summed E-state index contributed by atoms with van der Waals surface area (Å²) in [5.74, 6) is 0.326. The van der Waals surface area contributed by atoms with Gasteiger partial charge in [-0.2, -0.15) is 0 Å². The van der Waals surface area contributed by atoms with Crippen LogP contribution in [0.5, 0.6) is 0 Å². The van der Waals surface area contributed by atoms with Crippen molar-refractivity contribution in [2.45, 2.75) is 29.2 Å². The number of hydrogen-bond donors (Lipinski definition) is 0. The van der Waals surface area contributed by atoms with E-state index in [2.05, 4.69) is 35.9 Å². The molecule has 0 saturated heterocycles. The molecule has 1 aliphatic heterocycles. The lowest BCUT2D eigenvalue weighted by Gasteiger charge is -2.40. The normalized spacial score (nSPS) is 14.6. The van der Waals surface area contributed by atoms with E-state index in [4.69, 9.17) is 0 Å². The highest BCUT2D eigenvalue weighted by Gasteiger charge is 2.37. The summed E-state index contributed by atoms with van der Waals surface area (Å²) in [6.45, 7) is 4.39. The number of aromatic nitrogens is 2. The Morgan fingerprint density at radius 1 is 0.742 bits per heavy atom. The molecule has 4 aromatic rings. The van der Waals surface area contributed by atoms with E-state index in [1.54, 1.807) is 30.3 Å². The zero-order valence-corrected chi connectivity index (χ0v) is 18.0. The highest BCUT2D eigenvalue weighted by molar-refractivity contribution is 7.91. The molecule has 0 N–H and O–H groups in total. The van der Waals surface area contributed by atoms with Crippen LogP contribution in [-0.4, -0.2) is 18.4 Å². The molecule has 2 heterocycles. The average molecular weight is 428 g/mol. The van der Waals surface area contributed by atoms with E-state index in [9.17, 15) is 8.42 Å². The van der Waals surface area contributed by atoms with Gasteiger partial charge in [-0.1, -0.05) is 68.4 Å². The van der Waals surface area contributed by atoms with Crippen molar-refractivity contribution in [3.05, 3.63) is 102 Å². The number of fused-ring (bicyclic) bond motifs is 2. The number of para-hydroxylation sites is 2. The van der Waals surface area contributed by atoms with E-state index >= 15 is 0 Å². The number of rotatable bonds is 3. The van der Waals surface area contributed by atoms with Gasteiger partial charge in [0.2, 0.25) is 15.8 Å². The summed E-state index contributed by atoms with van der Waals surface area (Å²) in [7, 11) is -3.76. The summed E-state index contributed by atoms with van der Waals surface area (Å²) in [5.41, 5.74) is 3.94. The largest absolute Gasteiger partial charge is 0.279 e. The Morgan fingerprint density at radius 3 is 1.90 bits per heavy atom. The van der Waals surface area contributed by atoms with Crippen molar-refractivity contribution in [2.24, 2.45) is 0 Å². The van der Waals surface area contributed by atoms with Gasteiger partial charge in [0.15, 0.2) is 5.03 Å². The van der Waals surface area contributed by atoms with Crippen LogP contribution in [0.4, 0.5) is 17.3 Å². The number of sulfone groups is 1. The van der Waals surface area contributed by atoms with Crippen LogP contribution in [0.3, 0.4) is 0 Å². The molecule has 1 aromatic heterocycles. The van der Waals surface area contributed by atoms with Gasteiger partial charge in [-0.15, -0.1) is 0 Å². The molecule has 5 nitrogen and oxygen atoms in total. The summed E-state index contributed by atoms with van der Waals surface area (Å²) < 4.78 is 26.3. The van der Waals surface area contributed by atoms with Crippen LogP contribution < -0.4 is 4.90 Å². The van der Waals surface area contributed by atoms with E-state index in [-0.39, 0.29) is 15.3 Å². The molecule has 0 atom stereocenters. The zero-order valence-electron chi connectivity index (χ0n) is 17.2. The maximum atomic E-state index is 13.2. The monoisotopic (exact) mass is 427 g/mol. The first-order chi connectivity index (χ1) is 14.9. The molecule has 154 valence electrons. The van der Waals surface area contributed by atoms with Crippen molar-refractivity contribution >= 4 is 27.2 Å². The number of nitrogens with zero attached hydrogens (tertiary/aromatic N) is 3. The Labute approximate surface area is 182 Å². The predicted octanol–water partition coefficient (Wildman–Crippen LogP) is 5.42. The third kappa shape index (κ3) is 3.02. The molecular weight excluding hydrogens is 406 g/mol. The van der Waals surface area contributed by atoms with Crippen LogP contribution in [0.25, 0.3) is 0 Å². The van der Waals surface area contributed by atoms with E-state index in [1.165, 1.54) is 12.3 Å². The average Bonchev–Trinajstić information content (AvgIpc) is 2.80. The van der Waals surface area contributed by atoms with Gasteiger partial charge in [-0.25, -0.2) is 18.4 Å². The second-order valence-corrected chi connectivity index (χ2v) is 9.90. The molecule has 0 fully saturated rings. The molecule has 1 aliphatic rings. The molecule has 0 unspecified atom stereocenters. The fourth-order valence-electron chi connectivity index (χ4n) is 4.19.